The highest BCUT2D eigenvalue weighted by atomic mass is 79.9. The molecule has 0 heterocycles. The zero-order chi connectivity index (χ0) is 9.35. The van der Waals surface area contributed by atoms with E-state index in [9.17, 15) is 4.79 Å². The molecule has 1 amide bonds. The molecule has 1 N–H and O–H groups in total. The molecule has 1 unspecified atom stereocenters. The van der Waals surface area contributed by atoms with Crippen molar-refractivity contribution in [3.8, 4) is 0 Å². The van der Waals surface area contributed by atoms with Crippen LogP contribution in [-0.2, 0) is 4.79 Å². The molecule has 0 spiro atoms. The van der Waals surface area contributed by atoms with Gasteiger partial charge in [-0.25, -0.2) is 0 Å². The summed E-state index contributed by atoms with van der Waals surface area (Å²) in [7, 11) is 0. The highest BCUT2D eigenvalue weighted by molar-refractivity contribution is 9.10. The molecule has 1 saturated carbocycles. The maximum absolute atomic E-state index is 11.5. The second kappa shape index (κ2) is 3.36. The molecule has 0 radical (unpaired) electrons. The molecule has 1 atom stereocenters. The van der Waals surface area contributed by atoms with Crippen molar-refractivity contribution in [1.29, 1.82) is 0 Å². The molecule has 0 aliphatic heterocycles. The van der Waals surface area contributed by atoms with Crippen LogP contribution < -0.4 is 5.32 Å². The molecule has 1 aliphatic carbocycles. The van der Waals surface area contributed by atoms with Gasteiger partial charge in [0.05, 0.1) is 4.83 Å². The molecule has 1 fully saturated rings. The van der Waals surface area contributed by atoms with E-state index in [0.29, 0.717) is 5.92 Å². The number of rotatable bonds is 3. The largest absolute Gasteiger partial charge is 0.350 e. The molecule has 1 aliphatic rings. The number of carbonyl (C=O) groups excluding carboxylic acids is 1. The van der Waals surface area contributed by atoms with Crippen LogP contribution in [0.4, 0.5) is 0 Å². The Morgan fingerprint density at radius 3 is 2.33 bits per heavy atom. The molecule has 12 heavy (non-hydrogen) atoms. The Hall–Kier alpha value is -0.0500. The van der Waals surface area contributed by atoms with Gasteiger partial charge in [0.15, 0.2) is 0 Å². The first-order valence-electron chi connectivity index (χ1n) is 4.41. The summed E-state index contributed by atoms with van der Waals surface area (Å²) < 4.78 is 0. The van der Waals surface area contributed by atoms with E-state index in [1.165, 1.54) is 0 Å². The van der Waals surface area contributed by atoms with Gasteiger partial charge in [0.1, 0.15) is 0 Å². The summed E-state index contributed by atoms with van der Waals surface area (Å²) in [5.74, 6) is 0.484. The predicted molar refractivity (Wildman–Crippen MR) is 53.3 cm³/mol. The molecule has 1 rings (SSSR count). The molecule has 70 valence electrons. The average molecular weight is 234 g/mol. The highest BCUT2D eigenvalue weighted by Gasteiger charge is 2.39. The molecule has 0 aromatic rings. The Labute approximate surface area is 82.2 Å². The van der Waals surface area contributed by atoms with Gasteiger partial charge < -0.3 is 5.32 Å². The maximum atomic E-state index is 11.5. The number of halogens is 1. The number of nitrogens with one attached hydrogen (secondary N) is 1. The van der Waals surface area contributed by atoms with Gasteiger partial charge in [0, 0.05) is 5.54 Å². The Kier molecular flexibility index (Phi) is 2.81. The minimum absolute atomic E-state index is 0.0464. The Morgan fingerprint density at radius 1 is 1.50 bits per heavy atom. The Morgan fingerprint density at radius 2 is 2.00 bits per heavy atom. The normalized spacial score (nSPS) is 22.1. The first kappa shape index (κ1) is 10.0. The minimum Gasteiger partial charge on any atom is -0.350 e. The monoisotopic (exact) mass is 233 g/mol. The van der Waals surface area contributed by atoms with Crippen LogP contribution in [-0.4, -0.2) is 16.3 Å². The number of alkyl halides is 1. The molecule has 2 nitrogen and oxygen atoms in total. The quantitative estimate of drug-likeness (QED) is 0.744. The third-order valence-corrected chi connectivity index (χ3v) is 3.73. The van der Waals surface area contributed by atoms with E-state index >= 15 is 0 Å². The molecule has 0 aromatic carbocycles. The summed E-state index contributed by atoms with van der Waals surface area (Å²) >= 11 is 3.38. The zero-order valence-corrected chi connectivity index (χ0v) is 9.44. The summed E-state index contributed by atoms with van der Waals surface area (Å²) in [5, 5.41) is 3.03. The third-order valence-electron chi connectivity index (χ3n) is 2.26. The third kappa shape index (κ3) is 2.47. The topological polar surface area (TPSA) is 29.1 Å². The van der Waals surface area contributed by atoms with Crippen molar-refractivity contribution in [3.63, 3.8) is 0 Å². The first-order chi connectivity index (χ1) is 5.44. The van der Waals surface area contributed by atoms with Gasteiger partial charge in [0.25, 0.3) is 0 Å². The van der Waals surface area contributed by atoms with Crippen LogP contribution >= 0.6 is 15.9 Å². The van der Waals surface area contributed by atoms with Crippen LogP contribution in [0.3, 0.4) is 0 Å². The van der Waals surface area contributed by atoms with E-state index in [4.69, 9.17) is 0 Å². The fourth-order valence-corrected chi connectivity index (χ4v) is 1.10. The average Bonchev–Trinajstić information content (AvgIpc) is 2.66. The Bertz CT molecular complexity index is 187. The number of carbonyl (C=O) groups is 1. The van der Waals surface area contributed by atoms with Crippen molar-refractivity contribution >= 4 is 21.8 Å². The summed E-state index contributed by atoms with van der Waals surface area (Å²) in [6.45, 7) is 6.16. The van der Waals surface area contributed by atoms with E-state index in [1.54, 1.807) is 0 Å². The number of hydrogen-bond acceptors (Lipinski definition) is 1. The molecule has 0 saturated heterocycles. The van der Waals surface area contributed by atoms with Crippen molar-refractivity contribution < 1.29 is 4.79 Å². The van der Waals surface area contributed by atoms with Crippen LogP contribution in [0.25, 0.3) is 0 Å². The molecule has 3 heteroatoms. The van der Waals surface area contributed by atoms with Crippen LogP contribution in [0.2, 0.25) is 0 Å². The second-order valence-electron chi connectivity index (χ2n) is 4.20. The van der Waals surface area contributed by atoms with E-state index in [2.05, 4.69) is 28.2 Å². The molecule has 0 bridgehead atoms. The standard InChI is InChI=1S/C9H16BrNO/c1-6(2)7(10)8(12)11-9(3)4-5-9/h6-7H,4-5H2,1-3H3,(H,11,12). The van der Waals surface area contributed by atoms with Crippen molar-refractivity contribution in [2.75, 3.05) is 0 Å². The van der Waals surface area contributed by atoms with Crippen molar-refractivity contribution in [2.24, 2.45) is 5.92 Å². The maximum Gasteiger partial charge on any atom is 0.234 e. The van der Waals surface area contributed by atoms with Gasteiger partial charge in [-0.3, -0.25) is 4.79 Å². The van der Waals surface area contributed by atoms with Gasteiger partial charge in [0.2, 0.25) is 5.91 Å². The fraction of sp³-hybridized carbons (Fsp3) is 0.889. The van der Waals surface area contributed by atoms with Crippen LogP contribution in [0.1, 0.15) is 33.6 Å². The second-order valence-corrected chi connectivity index (χ2v) is 5.18. The molecular formula is C9H16BrNO. The van der Waals surface area contributed by atoms with Crippen molar-refractivity contribution in [3.05, 3.63) is 0 Å². The SMILES string of the molecule is CC(C)C(Br)C(=O)NC1(C)CC1. The lowest BCUT2D eigenvalue weighted by atomic mass is 10.1. The lowest BCUT2D eigenvalue weighted by Gasteiger charge is -2.17. The predicted octanol–water partition coefficient (Wildman–Crippen LogP) is 2.07. The number of hydrogen-bond donors (Lipinski definition) is 1. The summed E-state index contributed by atoms with van der Waals surface area (Å²) in [6, 6.07) is 0. The van der Waals surface area contributed by atoms with Crippen LogP contribution in [0.5, 0.6) is 0 Å². The van der Waals surface area contributed by atoms with Gasteiger partial charge in [-0.05, 0) is 25.7 Å². The van der Waals surface area contributed by atoms with Gasteiger partial charge in [-0.1, -0.05) is 29.8 Å². The summed E-state index contributed by atoms with van der Waals surface area (Å²) in [6.07, 6.45) is 2.24. The summed E-state index contributed by atoms with van der Waals surface area (Å²) in [5.41, 5.74) is 0.109. The van der Waals surface area contributed by atoms with Gasteiger partial charge in [-0.15, -0.1) is 0 Å². The van der Waals surface area contributed by atoms with Gasteiger partial charge in [-0.2, -0.15) is 0 Å². The van der Waals surface area contributed by atoms with Crippen molar-refractivity contribution in [2.45, 2.75) is 44.0 Å². The van der Waals surface area contributed by atoms with E-state index in [-0.39, 0.29) is 16.3 Å². The number of amides is 1. The lowest BCUT2D eigenvalue weighted by Crippen LogP contribution is -2.40. The van der Waals surface area contributed by atoms with E-state index in [0.717, 1.165) is 12.8 Å². The van der Waals surface area contributed by atoms with Crippen LogP contribution in [0, 0.1) is 5.92 Å². The zero-order valence-electron chi connectivity index (χ0n) is 7.86. The fourth-order valence-electron chi connectivity index (χ4n) is 0.982. The molecule has 0 aromatic heterocycles. The van der Waals surface area contributed by atoms with Gasteiger partial charge >= 0.3 is 0 Å². The van der Waals surface area contributed by atoms with Crippen molar-refractivity contribution in [1.82, 2.24) is 5.32 Å². The Balaban J connectivity index is 2.37. The smallest absolute Gasteiger partial charge is 0.234 e. The summed E-state index contributed by atoms with van der Waals surface area (Å²) in [4.78, 5) is 11.4. The first-order valence-corrected chi connectivity index (χ1v) is 5.32. The minimum atomic E-state index is -0.0464. The lowest BCUT2D eigenvalue weighted by molar-refractivity contribution is -0.121. The highest BCUT2D eigenvalue weighted by Crippen LogP contribution is 2.34. The van der Waals surface area contributed by atoms with Crippen LogP contribution in [0.15, 0.2) is 0 Å². The molecular weight excluding hydrogens is 218 g/mol. The van der Waals surface area contributed by atoms with E-state index in [1.807, 2.05) is 13.8 Å². The van der Waals surface area contributed by atoms with E-state index < -0.39 is 0 Å².